The van der Waals surface area contributed by atoms with E-state index in [1.165, 1.54) is 38.5 Å². The number of aliphatic hydroxyl groups excluding tert-OH is 7. The fourth-order valence-corrected chi connectivity index (χ4v) is 9.04. The molecule has 462 valence electrons. The Morgan fingerprint density at radius 1 is 0.407 bits per heavy atom. The lowest BCUT2D eigenvalue weighted by Gasteiger charge is -2.42. The second-order valence-electron chi connectivity index (χ2n) is 21.1. The average molecular weight is 1140 g/mol. The minimum atomic E-state index is -1.72. The normalized spacial score (nSPS) is 24.6. The van der Waals surface area contributed by atoms with E-state index in [0.717, 1.165) is 128 Å². The van der Waals surface area contributed by atoms with Crippen LogP contribution in [0, 0.1) is 0 Å². The molecule has 7 N–H and O–H groups in total. The molecule has 2 saturated heterocycles. The van der Waals surface area contributed by atoms with E-state index in [1.807, 2.05) is 0 Å². The molecular formula is C67H110O14. The summed E-state index contributed by atoms with van der Waals surface area (Å²) >= 11 is 0. The zero-order valence-corrected chi connectivity index (χ0v) is 49.7. The second-order valence-corrected chi connectivity index (χ2v) is 21.1. The molecule has 0 aliphatic carbocycles. The van der Waals surface area contributed by atoms with Crippen LogP contribution in [-0.2, 0) is 33.2 Å². The number of unbranched alkanes of at least 4 members (excludes halogenated alkanes) is 15. The van der Waals surface area contributed by atoms with Crippen LogP contribution in [0.5, 0.6) is 0 Å². The Kier molecular flexibility index (Phi) is 47.2. The van der Waals surface area contributed by atoms with Crippen LogP contribution in [0.1, 0.15) is 194 Å². The van der Waals surface area contributed by atoms with Crippen LogP contribution in [0.3, 0.4) is 0 Å². The highest BCUT2D eigenvalue weighted by Gasteiger charge is 2.47. The van der Waals surface area contributed by atoms with Gasteiger partial charge in [-0.1, -0.05) is 206 Å². The van der Waals surface area contributed by atoms with Gasteiger partial charge in [0.2, 0.25) is 0 Å². The lowest BCUT2D eigenvalue weighted by molar-refractivity contribution is -0.332. The van der Waals surface area contributed by atoms with E-state index < -0.39 is 86.7 Å². The molecule has 2 aliphatic heterocycles. The molecule has 0 saturated carbocycles. The lowest BCUT2D eigenvalue weighted by atomic mass is 9.98. The molecule has 2 fully saturated rings. The minimum Gasteiger partial charge on any atom is -0.457 e. The number of carbonyl (C=O) groups is 1. The standard InChI is InChI=1S/C67H110O14/c1-3-5-7-9-11-13-15-17-19-21-23-25-27-28-29-30-32-34-36-38-40-42-44-46-48-50-59(69)79-56(53-76-51-49-47-45-43-41-39-37-35-33-31-26-24-22-20-18-16-14-12-10-8-6-4-2)54-77-66-65(75)63(73)61(71)58(81-66)55-78-67-64(74)62(72)60(70)57(52-68)80-67/h5-8,11-14,17-20,23-26,28-29,33,35,56-58,60-68,70-75H,3-4,9-10,15-16,21-22,27,30-32,34,36-55H2,1-2H3/b7-5-,8-6-,13-11-,14-12-,19-17-,20-18-,25-23-,26-24-,29-28-,35-33-. The number of aliphatic hydroxyl groups is 7. The van der Waals surface area contributed by atoms with Crippen LogP contribution in [-0.4, -0.2) is 142 Å². The molecule has 2 aliphatic rings. The van der Waals surface area contributed by atoms with Crippen LogP contribution in [0.4, 0.5) is 0 Å². The highest BCUT2D eigenvalue weighted by Crippen LogP contribution is 2.26. The zero-order valence-electron chi connectivity index (χ0n) is 49.7. The maximum atomic E-state index is 13.1. The number of allylic oxidation sites excluding steroid dienone is 20. The molecule has 0 spiro atoms. The summed E-state index contributed by atoms with van der Waals surface area (Å²) in [6.07, 6.45) is 56.8. The zero-order chi connectivity index (χ0) is 58.6. The summed E-state index contributed by atoms with van der Waals surface area (Å²) in [4.78, 5) is 13.1. The summed E-state index contributed by atoms with van der Waals surface area (Å²) < 4.78 is 34.4. The van der Waals surface area contributed by atoms with Gasteiger partial charge in [0.1, 0.15) is 54.9 Å². The van der Waals surface area contributed by atoms with Crippen molar-refractivity contribution in [3.8, 4) is 0 Å². The average Bonchev–Trinajstić information content (AvgIpc) is 3.46. The summed E-state index contributed by atoms with van der Waals surface area (Å²) in [5, 5.41) is 72.5. The Bertz CT molecular complexity index is 1800. The predicted molar refractivity (Wildman–Crippen MR) is 325 cm³/mol. The van der Waals surface area contributed by atoms with Crippen molar-refractivity contribution in [1.82, 2.24) is 0 Å². The maximum Gasteiger partial charge on any atom is 0.306 e. The third kappa shape index (κ3) is 38.1. The molecule has 0 aromatic heterocycles. The van der Waals surface area contributed by atoms with Crippen LogP contribution in [0.25, 0.3) is 0 Å². The van der Waals surface area contributed by atoms with E-state index in [1.54, 1.807) is 0 Å². The Hall–Kier alpha value is -3.61. The van der Waals surface area contributed by atoms with Gasteiger partial charge in [-0.05, 0) is 103 Å². The molecule has 14 nitrogen and oxygen atoms in total. The Morgan fingerprint density at radius 3 is 1.20 bits per heavy atom. The number of rotatable bonds is 49. The summed E-state index contributed by atoms with van der Waals surface area (Å²) in [7, 11) is 0. The number of ether oxygens (including phenoxy) is 6. The van der Waals surface area contributed by atoms with Gasteiger partial charge in [0.25, 0.3) is 0 Å². The van der Waals surface area contributed by atoms with Gasteiger partial charge < -0.3 is 64.2 Å². The molecule has 0 amide bonds. The van der Waals surface area contributed by atoms with Crippen molar-refractivity contribution in [3.63, 3.8) is 0 Å². The smallest absolute Gasteiger partial charge is 0.306 e. The summed E-state index contributed by atoms with van der Waals surface area (Å²) in [5.74, 6) is -0.393. The molecule has 0 radical (unpaired) electrons. The quantitative estimate of drug-likeness (QED) is 0.0172. The first-order valence-corrected chi connectivity index (χ1v) is 31.1. The van der Waals surface area contributed by atoms with Crippen molar-refractivity contribution < 1.29 is 69.0 Å². The van der Waals surface area contributed by atoms with E-state index >= 15 is 0 Å². The third-order valence-electron chi connectivity index (χ3n) is 14.0. The van der Waals surface area contributed by atoms with E-state index in [9.17, 15) is 40.5 Å². The fraction of sp³-hybridized carbons (Fsp3) is 0.687. The van der Waals surface area contributed by atoms with Crippen molar-refractivity contribution in [3.05, 3.63) is 122 Å². The molecule has 0 bridgehead atoms. The van der Waals surface area contributed by atoms with E-state index in [4.69, 9.17) is 28.4 Å². The van der Waals surface area contributed by atoms with Gasteiger partial charge >= 0.3 is 5.97 Å². The fourth-order valence-electron chi connectivity index (χ4n) is 9.04. The molecule has 2 heterocycles. The van der Waals surface area contributed by atoms with E-state index in [-0.39, 0.29) is 19.6 Å². The van der Waals surface area contributed by atoms with Crippen molar-refractivity contribution in [2.75, 3.05) is 33.0 Å². The van der Waals surface area contributed by atoms with Gasteiger partial charge in [-0.2, -0.15) is 0 Å². The highest BCUT2D eigenvalue weighted by atomic mass is 16.7. The number of hydrogen-bond acceptors (Lipinski definition) is 14. The SMILES string of the molecule is CC/C=C\C/C=C\C/C=C\C/C=C\C/C=C\CCCCCCCCCCCC(=O)OC(COCCCCCCCC/C=C\C/C=C\C/C=C\C/C=C\C/C=C\CC)COC1OC(COC2OC(CO)C(O)C(O)C2O)C(O)C(O)C1O. The van der Waals surface area contributed by atoms with Gasteiger partial charge in [-0.3, -0.25) is 4.79 Å². The first-order chi connectivity index (χ1) is 39.6. The monoisotopic (exact) mass is 1140 g/mol. The summed E-state index contributed by atoms with van der Waals surface area (Å²) in [5.41, 5.74) is 0. The van der Waals surface area contributed by atoms with Crippen molar-refractivity contribution >= 4 is 5.97 Å². The molecule has 14 heteroatoms. The topological polar surface area (TPSA) is 214 Å². The van der Waals surface area contributed by atoms with E-state index in [2.05, 4.69) is 135 Å². The maximum absolute atomic E-state index is 13.1. The van der Waals surface area contributed by atoms with Gasteiger partial charge in [0.05, 0.1) is 26.4 Å². The molecule has 81 heavy (non-hydrogen) atoms. The number of hydrogen-bond donors (Lipinski definition) is 7. The third-order valence-corrected chi connectivity index (χ3v) is 14.0. The van der Waals surface area contributed by atoms with Crippen molar-refractivity contribution in [2.45, 2.75) is 261 Å². The molecule has 0 aromatic carbocycles. The number of carbonyl (C=O) groups excluding carboxylic acids is 1. The number of esters is 1. The minimum absolute atomic E-state index is 0.0406. The first-order valence-electron chi connectivity index (χ1n) is 31.1. The summed E-state index contributed by atoms with van der Waals surface area (Å²) in [6.45, 7) is 3.41. The molecular weight excluding hydrogens is 1030 g/mol. The van der Waals surface area contributed by atoms with Gasteiger partial charge in [-0.25, -0.2) is 0 Å². The highest BCUT2D eigenvalue weighted by molar-refractivity contribution is 5.69. The molecule has 0 aromatic rings. The van der Waals surface area contributed by atoms with Gasteiger partial charge in [-0.15, -0.1) is 0 Å². The van der Waals surface area contributed by atoms with Crippen molar-refractivity contribution in [2.24, 2.45) is 0 Å². The molecule has 11 unspecified atom stereocenters. The van der Waals surface area contributed by atoms with Gasteiger partial charge in [0.15, 0.2) is 12.6 Å². The van der Waals surface area contributed by atoms with Crippen LogP contribution in [0.15, 0.2) is 122 Å². The van der Waals surface area contributed by atoms with E-state index in [0.29, 0.717) is 13.0 Å². The lowest BCUT2D eigenvalue weighted by Crippen LogP contribution is -2.61. The summed E-state index contributed by atoms with van der Waals surface area (Å²) in [6, 6.07) is 0. The van der Waals surface area contributed by atoms with Gasteiger partial charge in [0, 0.05) is 13.0 Å². The largest absolute Gasteiger partial charge is 0.457 e. The predicted octanol–water partition coefficient (Wildman–Crippen LogP) is 12.1. The van der Waals surface area contributed by atoms with Crippen LogP contribution < -0.4 is 0 Å². The Balaban J connectivity index is 1.71. The first kappa shape index (κ1) is 73.5. The van der Waals surface area contributed by atoms with Crippen LogP contribution in [0.2, 0.25) is 0 Å². The molecule has 2 rings (SSSR count). The second kappa shape index (κ2) is 52.0. The Labute approximate surface area is 488 Å². The van der Waals surface area contributed by atoms with Crippen molar-refractivity contribution in [1.29, 1.82) is 0 Å². The molecule has 11 atom stereocenters. The van der Waals surface area contributed by atoms with Crippen LogP contribution >= 0.6 is 0 Å². The Morgan fingerprint density at radius 2 is 0.765 bits per heavy atom.